The molecule has 1 rings (SSSR count). The molecule has 58 valence electrons. The lowest BCUT2D eigenvalue weighted by molar-refractivity contribution is -0.169. The van der Waals surface area contributed by atoms with Gasteiger partial charge in [-0.3, -0.25) is 0 Å². The molecule has 0 amide bonds. The normalized spacial score (nSPS) is 41.2. The van der Waals surface area contributed by atoms with Gasteiger partial charge in [-0.05, 0) is 19.8 Å². The van der Waals surface area contributed by atoms with Gasteiger partial charge in [0.15, 0.2) is 6.29 Å². The van der Waals surface area contributed by atoms with E-state index >= 15 is 0 Å². The molecule has 0 aromatic carbocycles. The maximum Gasteiger partial charge on any atom is 0.154 e. The molecule has 0 unspecified atom stereocenters. The molecule has 0 radical (unpaired) electrons. The zero-order chi connectivity index (χ0) is 7.56. The van der Waals surface area contributed by atoms with Gasteiger partial charge >= 0.3 is 0 Å². The second-order valence-electron chi connectivity index (χ2n) is 2.77. The fourth-order valence-electron chi connectivity index (χ4n) is 1.30. The molecule has 0 spiro atoms. The van der Waals surface area contributed by atoms with E-state index in [1.165, 1.54) is 0 Å². The third-order valence-corrected chi connectivity index (χ3v) is 2.02. The molecular formula is C8H14O2. The van der Waals surface area contributed by atoms with Crippen LogP contribution < -0.4 is 0 Å². The Labute approximate surface area is 61.5 Å². The summed E-state index contributed by atoms with van der Waals surface area (Å²) in [5.41, 5.74) is 0. The first-order chi connectivity index (χ1) is 4.74. The van der Waals surface area contributed by atoms with Gasteiger partial charge in [-0.2, -0.15) is 0 Å². The van der Waals surface area contributed by atoms with Crippen molar-refractivity contribution in [2.45, 2.75) is 32.2 Å². The summed E-state index contributed by atoms with van der Waals surface area (Å²) in [5.74, 6) is 0.420. The lowest BCUT2D eigenvalue weighted by Gasteiger charge is -2.29. The molecule has 1 N–H and O–H groups in total. The standard InChI is InChI=1S/C8H14O2/c1-3-7-4-5-8(9)10-6(7)2/h3,6-9H,1,4-5H2,2H3/t6-,7-,8+/m0/s1. The second-order valence-corrected chi connectivity index (χ2v) is 2.77. The van der Waals surface area contributed by atoms with Gasteiger partial charge in [0.05, 0.1) is 6.10 Å². The minimum atomic E-state index is -0.550. The lowest BCUT2D eigenvalue weighted by Crippen LogP contribution is -2.31. The Bertz CT molecular complexity index is 122. The van der Waals surface area contributed by atoms with E-state index in [9.17, 15) is 0 Å². The van der Waals surface area contributed by atoms with Gasteiger partial charge in [0, 0.05) is 5.92 Å². The third-order valence-electron chi connectivity index (χ3n) is 2.02. The van der Waals surface area contributed by atoms with Crippen LogP contribution in [0.1, 0.15) is 19.8 Å². The van der Waals surface area contributed by atoms with E-state index in [0.29, 0.717) is 5.92 Å². The molecule has 0 aromatic heterocycles. The van der Waals surface area contributed by atoms with E-state index in [0.717, 1.165) is 12.8 Å². The van der Waals surface area contributed by atoms with E-state index in [2.05, 4.69) is 6.58 Å². The number of aliphatic hydroxyl groups excluding tert-OH is 1. The third kappa shape index (κ3) is 1.58. The van der Waals surface area contributed by atoms with E-state index in [1.54, 1.807) is 0 Å². The zero-order valence-electron chi connectivity index (χ0n) is 6.29. The van der Waals surface area contributed by atoms with Crippen molar-refractivity contribution >= 4 is 0 Å². The quantitative estimate of drug-likeness (QED) is 0.559. The van der Waals surface area contributed by atoms with Crippen LogP contribution in [0.2, 0.25) is 0 Å². The molecule has 0 bridgehead atoms. The van der Waals surface area contributed by atoms with Crippen molar-refractivity contribution in [1.82, 2.24) is 0 Å². The van der Waals surface area contributed by atoms with Crippen LogP contribution in [0, 0.1) is 5.92 Å². The van der Waals surface area contributed by atoms with Crippen LogP contribution in [-0.4, -0.2) is 17.5 Å². The Hall–Kier alpha value is -0.340. The van der Waals surface area contributed by atoms with Crippen LogP contribution in [0.4, 0.5) is 0 Å². The molecule has 0 aromatic rings. The van der Waals surface area contributed by atoms with E-state index in [-0.39, 0.29) is 6.10 Å². The minimum Gasteiger partial charge on any atom is -0.368 e. The molecule has 2 heteroatoms. The van der Waals surface area contributed by atoms with Crippen molar-refractivity contribution in [2.75, 3.05) is 0 Å². The fourth-order valence-corrected chi connectivity index (χ4v) is 1.30. The topological polar surface area (TPSA) is 29.5 Å². The van der Waals surface area contributed by atoms with Gasteiger partial charge in [-0.15, -0.1) is 6.58 Å². The van der Waals surface area contributed by atoms with Crippen LogP contribution in [0.3, 0.4) is 0 Å². The summed E-state index contributed by atoms with van der Waals surface area (Å²) in [5, 5.41) is 9.04. The highest BCUT2D eigenvalue weighted by Crippen LogP contribution is 2.23. The first-order valence-electron chi connectivity index (χ1n) is 3.70. The smallest absolute Gasteiger partial charge is 0.154 e. The van der Waals surface area contributed by atoms with Crippen molar-refractivity contribution in [2.24, 2.45) is 5.92 Å². The first kappa shape index (κ1) is 7.76. The van der Waals surface area contributed by atoms with Crippen molar-refractivity contribution in [1.29, 1.82) is 0 Å². The predicted molar refractivity (Wildman–Crippen MR) is 39.5 cm³/mol. The molecular weight excluding hydrogens is 128 g/mol. The molecule has 1 saturated heterocycles. The summed E-state index contributed by atoms with van der Waals surface area (Å²) >= 11 is 0. The van der Waals surface area contributed by atoms with Crippen molar-refractivity contribution in [3.63, 3.8) is 0 Å². The minimum absolute atomic E-state index is 0.126. The van der Waals surface area contributed by atoms with E-state index in [1.807, 2.05) is 13.0 Å². The Morgan fingerprint density at radius 2 is 2.30 bits per heavy atom. The molecule has 1 fully saturated rings. The summed E-state index contributed by atoms with van der Waals surface area (Å²) in [6, 6.07) is 0. The predicted octanol–water partition coefficient (Wildman–Crippen LogP) is 1.31. The van der Waals surface area contributed by atoms with Gasteiger partial charge in [-0.1, -0.05) is 6.08 Å². The molecule has 1 aliphatic rings. The highest BCUT2D eigenvalue weighted by Gasteiger charge is 2.24. The summed E-state index contributed by atoms with van der Waals surface area (Å²) in [6.07, 6.45) is 3.20. The van der Waals surface area contributed by atoms with Gasteiger partial charge < -0.3 is 9.84 Å². The summed E-state index contributed by atoms with van der Waals surface area (Å²) in [4.78, 5) is 0. The van der Waals surface area contributed by atoms with Crippen molar-refractivity contribution in [3.05, 3.63) is 12.7 Å². The van der Waals surface area contributed by atoms with Gasteiger partial charge in [0.1, 0.15) is 0 Å². The second kappa shape index (κ2) is 3.17. The highest BCUT2D eigenvalue weighted by molar-refractivity contribution is 4.86. The van der Waals surface area contributed by atoms with Crippen LogP contribution in [-0.2, 0) is 4.74 Å². The summed E-state index contributed by atoms with van der Waals surface area (Å²) in [6.45, 7) is 5.67. The van der Waals surface area contributed by atoms with Crippen LogP contribution in [0.25, 0.3) is 0 Å². The van der Waals surface area contributed by atoms with Crippen LogP contribution >= 0.6 is 0 Å². The largest absolute Gasteiger partial charge is 0.368 e. The number of hydrogen-bond acceptors (Lipinski definition) is 2. The average Bonchev–Trinajstić information content (AvgIpc) is 1.88. The molecule has 3 atom stereocenters. The van der Waals surface area contributed by atoms with Gasteiger partial charge in [-0.25, -0.2) is 0 Å². The average molecular weight is 142 g/mol. The molecule has 10 heavy (non-hydrogen) atoms. The molecule has 0 aliphatic carbocycles. The number of ether oxygens (including phenoxy) is 1. The Morgan fingerprint density at radius 1 is 1.60 bits per heavy atom. The Kier molecular flexibility index (Phi) is 2.46. The van der Waals surface area contributed by atoms with Crippen LogP contribution in [0.5, 0.6) is 0 Å². The van der Waals surface area contributed by atoms with Crippen LogP contribution in [0.15, 0.2) is 12.7 Å². The van der Waals surface area contributed by atoms with Crippen molar-refractivity contribution in [3.8, 4) is 0 Å². The number of rotatable bonds is 1. The van der Waals surface area contributed by atoms with E-state index < -0.39 is 6.29 Å². The summed E-state index contributed by atoms with van der Waals surface area (Å²) < 4.78 is 5.17. The van der Waals surface area contributed by atoms with Gasteiger partial charge in [0.2, 0.25) is 0 Å². The Balaban J connectivity index is 2.43. The molecule has 1 aliphatic heterocycles. The summed E-state index contributed by atoms with van der Waals surface area (Å²) in [7, 11) is 0. The van der Waals surface area contributed by atoms with E-state index in [4.69, 9.17) is 9.84 Å². The molecule has 1 heterocycles. The SMILES string of the molecule is C=C[C@H]1CC[C@H](O)O[C@H]1C. The number of aliphatic hydroxyl groups is 1. The molecule has 0 saturated carbocycles. The monoisotopic (exact) mass is 142 g/mol. The fraction of sp³-hybridized carbons (Fsp3) is 0.750. The zero-order valence-corrected chi connectivity index (χ0v) is 6.29. The highest BCUT2D eigenvalue weighted by atomic mass is 16.6. The first-order valence-corrected chi connectivity index (χ1v) is 3.70. The lowest BCUT2D eigenvalue weighted by atomic mass is 9.95. The Morgan fingerprint density at radius 3 is 2.80 bits per heavy atom. The molecule has 2 nitrogen and oxygen atoms in total. The maximum atomic E-state index is 9.04. The number of hydrogen-bond donors (Lipinski definition) is 1. The maximum absolute atomic E-state index is 9.04. The van der Waals surface area contributed by atoms with Crippen molar-refractivity contribution < 1.29 is 9.84 Å². The van der Waals surface area contributed by atoms with Gasteiger partial charge in [0.25, 0.3) is 0 Å².